The summed E-state index contributed by atoms with van der Waals surface area (Å²) in [5, 5.41) is 0. The van der Waals surface area contributed by atoms with Crippen LogP contribution in [0.2, 0.25) is 0 Å². The van der Waals surface area contributed by atoms with E-state index in [1.165, 1.54) is 17.8 Å². The molecule has 0 fully saturated rings. The van der Waals surface area contributed by atoms with Crippen LogP contribution in [-0.4, -0.2) is 30.7 Å². The van der Waals surface area contributed by atoms with E-state index in [1.807, 2.05) is 0 Å². The molecule has 0 spiro atoms. The second-order valence-corrected chi connectivity index (χ2v) is 5.09. The van der Waals surface area contributed by atoms with Crippen LogP contribution in [0.15, 0.2) is 23.1 Å². The fourth-order valence-electron chi connectivity index (χ4n) is 1.23. The molecular formula is C12H17FN2OS. The molecule has 0 saturated carbocycles. The number of anilines is 1. The van der Waals surface area contributed by atoms with Gasteiger partial charge in [0.1, 0.15) is 5.82 Å². The average Bonchev–Trinajstić information content (AvgIpc) is 2.28. The molecule has 0 aromatic heterocycles. The van der Waals surface area contributed by atoms with Gasteiger partial charge in [-0.15, -0.1) is 11.8 Å². The average molecular weight is 256 g/mol. The summed E-state index contributed by atoms with van der Waals surface area (Å²) in [6.45, 7) is 0. The summed E-state index contributed by atoms with van der Waals surface area (Å²) in [6, 6.07) is 4.77. The molecule has 1 amide bonds. The third kappa shape index (κ3) is 4.65. The maximum absolute atomic E-state index is 13.1. The van der Waals surface area contributed by atoms with Gasteiger partial charge in [-0.2, -0.15) is 0 Å². The van der Waals surface area contributed by atoms with E-state index in [1.54, 1.807) is 31.1 Å². The number of benzene rings is 1. The molecule has 0 unspecified atom stereocenters. The summed E-state index contributed by atoms with van der Waals surface area (Å²) < 4.78 is 13.1. The predicted octanol–water partition coefficient (Wildman–Crippen LogP) is 2.37. The molecule has 1 aromatic carbocycles. The van der Waals surface area contributed by atoms with Gasteiger partial charge in [0.15, 0.2) is 0 Å². The van der Waals surface area contributed by atoms with Crippen molar-refractivity contribution in [2.45, 2.75) is 17.7 Å². The minimum Gasteiger partial charge on any atom is -0.396 e. The molecule has 0 radical (unpaired) electrons. The number of nitrogen functional groups attached to an aromatic ring is 1. The SMILES string of the molecule is CN(C)C(=O)CCCSc1ccc(N)c(F)c1. The summed E-state index contributed by atoms with van der Waals surface area (Å²) in [5.41, 5.74) is 5.55. The Morgan fingerprint density at radius 2 is 2.18 bits per heavy atom. The first-order valence-corrected chi connectivity index (χ1v) is 6.37. The van der Waals surface area contributed by atoms with Crippen LogP contribution in [0.3, 0.4) is 0 Å². The zero-order valence-electron chi connectivity index (χ0n) is 10.1. The van der Waals surface area contributed by atoms with Crippen molar-refractivity contribution < 1.29 is 9.18 Å². The lowest BCUT2D eigenvalue weighted by Crippen LogP contribution is -2.21. The van der Waals surface area contributed by atoms with E-state index in [2.05, 4.69) is 0 Å². The topological polar surface area (TPSA) is 46.3 Å². The van der Waals surface area contributed by atoms with Crippen LogP contribution >= 0.6 is 11.8 Å². The van der Waals surface area contributed by atoms with E-state index in [4.69, 9.17) is 5.73 Å². The second kappa shape index (κ2) is 6.49. The van der Waals surface area contributed by atoms with Crippen LogP contribution in [0, 0.1) is 5.82 Å². The van der Waals surface area contributed by atoms with Crippen molar-refractivity contribution >= 4 is 23.4 Å². The van der Waals surface area contributed by atoms with Crippen molar-refractivity contribution in [3.8, 4) is 0 Å². The Morgan fingerprint density at radius 1 is 1.47 bits per heavy atom. The molecule has 17 heavy (non-hydrogen) atoms. The second-order valence-electron chi connectivity index (χ2n) is 3.92. The maximum atomic E-state index is 13.1. The third-order valence-corrected chi connectivity index (χ3v) is 3.35. The van der Waals surface area contributed by atoms with E-state index in [0.29, 0.717) is 6.42 Å². The Hall–Kier alpha value is -1.23. The first-order valence-electron chi connectivity index (χ1n) is 5.38. The van der Waals surface area contributed by atoms with Crippen LogP contribution in [0.4, 0.5) is 10.1 Å². The van der Waals surface area contributed by atoms with Crippen LogP contribution in [0.5, 0.6) is 0 Å². The van der Waals surface area contributed by atoms with E-state index in [9.17, 15) is 9.18 Å². The van der Waals surface area contributed by atoms with Gasteiger partial charge in [0, 0.05) is 25.4 Å². The number of halogens is 1. The van der Waals surface area contributed by atoms with Crippen LogP contribution in [0.25, 0.3) is 0 Å². The van der Waals surface area contributed by atoms with Crippen molar-refractivity contribution in [2.24, 2.45) is 0 Å². The molecule has 0 heterocycles. The van der Waals surface area contributed by atoms with Gasteiger partial charge in [0.2, 0.25) is 5.91 Å². The molecule has 0 atom stereocenters. The standard InChI is InChI=1S/C12H17FN2OS/c1-15(2)12(16)4-3-7-17-9-5-6-11(14)10(13)8-9/h5-6,8H,3-4,7,14H2,1-2H3. The summed E-state index contributed by atoms with van der Waals surface area (Å²) in [4.78, 5) is 13.7. The molecule has 5 heteroatoms. The quantitative estimate of drug-likeness (QED) is 0.500. The number of carbonyl (C=O) groups is 1. The Kier molecular flexibility index (Phi) is 5.28. The minimum absolute atomic E-state index is 0.120. The Bertz CT molecular complexity index is 396. The molecule has 1 rings (SSSR count). The lowest BCUT2D eigenvalue weighted by Gasteiger charge is -2.09. The molecule has 0 aliphatic carbocycles. The molecular weight excluding hydrogens is 239 g/mol. The first kappa shape index (κ1) is 13.8. The maximum Gasteiger partial charge on any atom is 0.222 e. The van der Waals surface area contributed by atoms with Gasteiger partial charge in [-0.1, -0.05) is 0 Å². The van der Waals surface area contributed by atoms with Gasteiger partial charge in [-0.3, -0.25) is 4.79 Å². The summed E-state index contributed by atoms with van der Waals surface area (Å²) in [6.07, 6.45) is 1.31. The highest BCUT2D eigenvalue weighted by Gasteiger charge is 2.04. The fraction of sp³-hybridized carbons (Fsp3) is 0.417. The monoisotopic (exact) mass is 256 g/mol. The van der Waals surface area contributed by atoms with Crippen molar-refractivity contribution in [3.63, 3.8) is 0 Å². The van der Waals surface area contributed by atoms with Gasteiger partial charge in [-0.05, 0) is 30.4 Å². The highest BCUT2D eigenvalue weighted by atomic mass is 32.2. The number of hydrogen-bond donors (Lipinski definition) is 1. The molecule has 0 saturated heterocycles. The molecule has 1 aromatic rings. The number of rotatable bonds is 5. The molecule has 2 N–H and O–H groups in total. The smallest absolute Gasteiger partial charge is 0.222 e. The highest BCUT2D eigenvalue weighted by molar-refractivity contribution is 7.99. The molecule has 3 nitrogen and oxygen atoms in total. The number of thioether (sulfide) groups is 1. The number of carbonyl (C=O) groups excluding carboxylic acids is 1. The van der Waals surface area contributed by atoms with Crippen molar-refractivity contribution in [1.82, 2.24) is 4.90 Å². The minimum atomic E-state index is -0.389. The lowest BCUT2D eigenvalue weighted by atomic mass is 10.3. The van der Waals surface area contributed by atoms with Gasteiger partial charge in [-0.25, -0.2) is 4.39 Å². The number of nitrogens with two attached hydrogens (primary N) is 1. The Balaban J connectivity index is 2.31. The Morgan fingerprint density at radius 3 is 2.76 bits per heavy atom. The van der Waals surface area contributed by atoms with Gasteiger partial charge >= 0.3 is 0 Å². The van der Waals surface area contributed by atoms with Crippen LogP contribution in [0.1, 0.15) is 12.8 Å². The molecule has 0 aliphatic rings. The molecule has 0 bridgehead atoms. The molecule has 94 valence electrons. The van der Waals surface area contributed by atoms with Crippen molar-refractivity contribution in [1.29, 1.82) is 0 Å². The predicted molar refractivity (Wildman–Crippen MR) is 69.5 cm³/mol. The van der Waals surface area contributed by atoms with E-state index < -0.39 is 0 Å². The first-order chi connectivity index (χ1) is 8.00. The largest absolute Gasteiger partial charge is 0.396 e. The van der Waals surface area contributed by atoms with Gasteiger partial charge < -0.3 is 10.6 Å². The third-order valence-electron chi connectivity index (χ3n) is 2.27. The number of hydrogen-bond acceptors (Lipinski definition) is 3. The van der Waals surface area contributed by atoms with E-state index in [-0.39, 0.29) is 17.4 Å². The number of amides is 1. The van der Waals surface area contributed by atoms with Crippen LogP contribution < -0.4 is 5.73 Å². The highest BCUT2D eigenvalue weighted by Crippen LogP contribution is 2.22. The van der Waals surface area contributed by atoms with Gasteiger partial charge in [0.05, 0.1) is 5.69 Å². The molecule has 0 aliphatic heterocycles. The lowest BCUT2D eigenvalue weighted by molar-refractivity contribution is -0.128. The van der Waals surface area contributed by atoms with Crippen molar-refractivity contribution in [2.75, 3.05) is 25.6 Å². The Labute approximate surface area is 105 Å². The summed E-state index contributed by atoms with van der Waals surface area (Å²) >= 11 is 1.53. The number of nitrogens with zero attached hydrogens (tertiary/aromatic N) is 1. The normalized spacial score (nSPS) is 10.3. The summed E-state index contributed by atoms with van der Waals surface area (Å²) in [5.74, 6) is 0.525. The van der Waals surface area contributed by atoms with E-state index >= 15 is 0 Å². The van der Waals surface area contributed by atoms with Crippen LogP contribution in [-0.2, 0) is 4.79 Å². The fourth-order valence-corrected chi connectivity index (χ4v) is 2.11. The van der Waals surface area contributed by atoms with E-state index in [0.717, 1.165) is 17.1 Å². The van der Waals surface area contributed by atoms with Crippen molar-refractivity contribution in [3.05, 3.63) is 24.0 Å². The van der Waals surface area contributed by atoms with Gasteiger partial charge in [0.25, 0.3) is 0 Å². The summed E-state index contributed by atoms with van der Waals surface area (Å²) in [7, 11) is 3.48. The zero-order chi connectivity index (χ0) is 12.8. The zero-order valence-corrected chi connectivity index (χ0v) is 10.9.